The van der Waals surface area contributed by atoms with Gasteiger partial charge in [0, 0.05) is 17.3 Å². The molecule has 0 radical (unpaired) electrons. The van der Waals surface area contributed by atoms with Gasteiger partial charge in [-0.2, -0.15) is 0 Å². The molecule has 3 nitrogen and oxygen atoms in total. The second-order valence-corrected chi connectivity index (χ2v) is 4.50. The summed E-state index contributed by atoms with van der Waals surface area (Å²) in [6.45, 7) is 0.544. The topological polar surface area (TPSA) is 41.1 Å². The minimum absolute atomic E-state index is 0.210. The Morgan fingerprint density at radius 3 is 2.42 bits per heavy atom. The van der Waals surface area contributed by atoms with Crippen molar-refractivity contribution >= 4 is 23.3 Å². The Morgan fingerprint density at radius 1 is 1.00 bits per heavy atom. The first kappa shape index (κ1) is 13.4. The van der Waals surface area contributed by atoms with Gasteiger partial charge in [-0.3, -0.25) is 0 Å². The maximum Gasteiger partial charge on any atom is 0.319 e. The predicted octanol–water partition coefficient (Wildman–Crippen LogP) is 3.70. The lowest BCUT2D eigenvalue weighted by Crippen LogP contribution is -2.30. The van der Waals surface area contributed by atoms with Crippen LogP contribution >= 0.6 is 11.6 Å². The summed E-state index contributed by atoms with van der Waals surface area (Å²) in [5, 5.41) is 6.29. The molecule has 0 aliphatic heterocycles. The fraction of sp³-hybridized carbons (Fsp3) is 0.133. The molecule has 2 rings (SSSR count). The molecule has 0 unspecified atom stereocenters. The van der Waals surface area contributed by atoms with Gasteiger partial charge in [-0.05, 0) is 30.2 Å². The van der Waals surface area contributed by atoms with E-state index in [4.69, 9.17) is 11.6 Å². The molecular formula is C15H15ClN2O. The molecule has 2 aromatic carbocycles. The summed E-state index contributed by atoms with van der Waals surface area (Å²) in [5.74, 6) is 0. The molecule has 0 aliphatic rings. The van der Waals surface area contributed by atoms with Gasteiger partial charge in [-0.15, -0.1) is 0 Å². The van der Waals surface area contributed by atoms with E-state index in [9.17, 15) is 4.79 Å². The fourth-order valence-electron chi connectivity index (χ4n) is 1.71. The zero-order chi connectivity index (χ0) is 13.5. The largest absolute Gasteiger partial charge is 0.338 e. The number of carbonyl (C=O) groups is 1. The van der Waals surface area contributed by atoms with Crippen molar-refractivity contribution in [2.24, 2.45) is 0 Å². The van der Waals surface area contributed by atoms with E-state index in [-0.39, 0.29) is 6.03 Å². The van der Waals surface area contributed by atoms with Crippen LogP contribution in [0.15, 0.2) is 54.6 Å². The third-order valence-electron chi connectivity index (χ3n) is 2.67. The molecule has 0 saturated heterocycles. The van der Waals surface area contributed by atoms with Gasteiger partial charge in [-0.1, -0.05) is 48.0 Å². The summed E-state index contributed by atoms with van der Waals surface area (Å²) >= 11 is 6.04. The van der Waals surface area contributed by atoms with Crippen molar-refractivity contribution in [3.05, 3.63) is 65.2 Å². The number of nitrogens with one attached hydrogen (secondary N) is 2. The van der Waals surface area contributed by atoms with Crippen molar-refractivity contribution in [3.8, 4) is 0 Å². The molecule has 0 saturated carbocycles. The van der Waals surface area contributed by atoms with Crippen LogP contribution in [-0.4, -0.2) is 12.6 Å². The Bertz CT molecular complexity index is 543. The van der Waals surface area contributed by atoms with Gasteiger partial charge in [0.15, 0.2) is 0 Å². The van der Waals surface area contributed by atoms with Gasteiger partial charge in [0.1, 0.15) is 0 Å². The van der Waals surface area contributed by atoms with Crippen LogP contribution < -0.4 is 10.6 Å². The highest BCUT2D eigenvalue weighted by Crippen LogP contribution is 2.14. The third-order valence-corrected chi connectivity index (χ3v) is 3.04. The Hall–Kier alpha value is -2.00. The number of hydrogen-bond acceptors (Lipinski definition) is 1. The number of hydrogen-bond donors (Lipinski definition) is 2. The van der Waals surface area contributed by atoms with Gasteiger partial charge in [0.25, 0.3) is 0 Å². The minimum Gasteiger partial charge on any atom is -0.338 e. The molecule has 4 heteroatoms. The minimum atomic E-state index is -0.210. The number of urea groups is 1. The summed E-state index contributed by atoms with van der Waals surface area (Å²) < 4.78 is 0. The first-order chi connectivity index (χ1) is 9.25. The lowest BCUT2D eigenvalue weighted by atomic mass is 10.1. The molecule has 2 N–H and O–H groups in total. The van der Waals surface area contributed by atoms with Crippen molar-refractivity contribution in [1.82, 2.24) is 5.32 Å². The molecule has 0 fully saturated rings. The van der Waals surface area contributed by atoms with E-state index in [1.807, 2.05) is 54.6 Å². The Morgan fingerprint density at radius 2 is 1.68 bits per heavy atom. The van der Waals surface area contributed by atoms with Crippen LogP contribution in [0, 0.1) is 0 Å². The fourth-order valence-corrected chi connectivity index (χ4v) is 1.94. The second kappa shape index (κ2) is 6.81. The molecule has 0 aliphatic carbocycles. The molecule has 0 aromatic heterocycles. The van der Waals surface area contributed by atoms with Crippen molar-refractivity contribution in [3.63, 3.8) is 0 Å². The van der Waals surface area contributed by atoms with E-state index < -0.39 is 0 Å². The van der Waals surface area contributed by atoms with Crippen LogP contribution in [-0.2, 0) is 6.42 Å². The average Bonchev–Trinajstić information content (AvgIpc) is 2.42. The molecule has 0 heterocycles. The SMILES string of the molecule is O=C(NCCc1ccccc1Cl)Nc1ccccc1. The highest BCUT2D eigenvalue weighted by molar-refractivity contribution is 6.31. The number of carbonyl (C=O) groups excluding carboxylic acids is 1. The highest BCUT2D eigenvalue weighted by atomic mass is 35.5. The zero-order valence-corrected chi connectivity index (χ0v) is 11.2. The molecule has 0 bridgehead atoms. The number of rotatable bonds is 4. The first-order valence-corrected chi connectivity index (χ1v) is 6.47. The number of amides is 2. The Balaban J connectivity index is 1.77. The summed E-state index contributed by atoms with van der Waals surface area (Å²) in [5.41, 5.74) is 1.81. The van der Waals surface area contributed by atoms with E-state index in [1.165, 1.54) is 0 Å². The van der Waals surface area contributed by atoms with Crippen LogP contribution in [0.1, 0.15) is 5.56 Å². The van der Waals surface area contributed by atoms with Gasteiger partial charge in [0.05, 0.1) is 0 Å². The van der Waals surface area contributed by atoms with E-state index in [1.54, 1.807) is 0 Å². The average molecular weight is 275 g/mol. The third kappa shape index (κ3) is 4.30. The number of para-hydroxylation sites is 1. The summed E-state index contributed by atoms with van der Waals surface area (Å²) in [6.07, 6.45) is 0.710. The second-order valence-electron chi connectivity index (χ2n) is 4.09. The lowest BCUT2D eigenvalue weighted by Gasteiger charge is -2.08. The maximum absolute atomic E-state index is 11.6. The molecule has 19 heavy (non-hydrogen) atoms. The van der Waals surface area contributed by atoms with E-state index >= 15 is 0 Å². The smallest absolute Gasteiger partial charge is 0.319 e. The van der Waals surface area contributed by atoms with Gasteiger partial charge < -0.3 is 10.6 Å². The number of benzene rings is 2. The van der Waals surface area contributed by atoms with E-state index in [2.05, 4.69) is 10.6 Å². The van der Waals surface area contributed by atoms with Gasteiger partial charge >= 0.3 is 6.03 Å². The lowest BCUT2D eigenvalue weighted by molar-refractivity contribution is 0.252. The van der Waals surface area contributed by atoms with Crippen molar-refractivity contribution in [2.75, 3.05) is 11.9 Å². The van der Waals surface area contributed by atoms with E-state index in [0.29, 0.717) is 13.0 Å². The summed E-state index contributed by atoms with van der Waals surface area (Å²) in [6, 6.07) is 16.8. The normalized spacial score (nSPS) is 9.95. The summed E-state index contributed by atoms with van der Waals surface area (Å²) in [4.78, 5) is 11.6. The predicted molar refractivity (Wildman–Crippen MR) is 78.6 cm³/mol. The summed E-state index contributed by atoms with van der Waals surface area (Å²) in [7, 11) is 0. The zero-order valence-electron chi connectivity index (χ0n) is 10.4. The van der Waals surface area contributed by atoms with Crippen LogP contribution in [0.2, 0.25) is 5.02 Å². The molecule has 2 aromatic rings. The van der Waals surface area contributed by atoms with Crippen LogP contribution in [0.4, 0.5) is 10.5 Å². The van der Waals surface area contributed by atoms with Crippen LogP contribution in [0.3, 0.4) is 0 Å². The maximum atomic E-state index is 11.6. The van der Waals surface area contributed by atoms with Gasteiger partial charge in [0.2, 0.25) is 0 Å². The standard InChI is InChI=1S/C15H15ClN2O/c16-14-9-5-4-6-12(14)10-11-17-15(19)18-13-7-2-1-3-8-13/h1-9H,10-11H2,(H2,17,18,19). The molecule has 98 valence electrons. The van der Waals surface area contributed by atoms with Gasteiger partial charge in [-0.25, -0.2) is 4.79 Å². The number of halogens is 1. The molecular weight excluding hydrogens is 260 g/mol. The number of anilines is 1. The first-order valence-electron chi connectivity index (χ1n) is 6.09. The quantitative estimate of drug-likeness (QED) is 0.877. The highest BCUT2D eigenvalue weighted by Gasteiger charge is 2.02. The van der Waals surface area contributed by atoms with Crippen LogP contribution in [0.25, 0.3) is 0 Å². The monoisotopic (exact) mass is 274 g/mol. The molecule has 0 atom stereocenters. The molecule has 2 amide bonds. The van der Waals surface area contributed by atoms with E-state index in [0.717, 1.165) is 16.3 Å². The van der Waals surface area contributed by atoms with Crippen LogP contribution in [0.5, 0.6) is 0 Å². The Kier molecular flexibility index (Phi) is 4.81. The van der Waals surface area contributed by atoms with Crippen molar-refractivity contribution in [2.45, 2.75) is 6.42 Å². The van der Waals surface area contributed by atoms with Crippen molar-refractivity contribution in [1.29, 1.82) is 0 Å². The molecule has 0 spiro atoms. The van der Waals surface area contributed by atoms with Crippen molar-refractivity contribution < 1.29 is 4.79 Å². The Labute approximate surface area is 117 Å².